The predicted molar refractivity (Wildman–Crippen MR) is 58.1 cm³/mol. The lowest BCUT2D eigenvalue weighted by Crippen LogP contribution is -2.10. The topological polar surface area (TPSA) is 73.1 Å². The number of benzene rings is 1. The Labute approximate surface area is 89.7 Å². The number of carbonyl (C=O) groups is 2. The second-order valence-electron chi connectivity index (χ2n) is 3.12. The number of primary amides is 1. The molecule has 5 heteroatoms. The molecule has 0 saturated heterocycles. The van der Waals surface area contributed by atoms with Crippen molar-refractivity contribution in [2.24, 2.45) is 5.73 Å². The highest BCUT2D eigenvalue weighted by Gasteiger charge is 2.09. The summed E-state index contributed by atoms with van der Waals surface area (Å²) in [5, 5.41) is 0.451. The number of aromatic nitrogens is 1. The third-order valence-corrected chi connectivity index (χ3v) is 3.09. The number of nitrogens with zero attached hydrogens (tertiary/aromatic N) is 1. The molecule has 0 aliphatic heterocycles. The van der Waals surface area contributed by atoms with Gasteiger partial charge in [0.05, 0.1) is 10.2 Å². The summed E-state index contributed by atoms with van der Waals surface area (Å²) in [7, 11) is 0. The van der Waals surface area contributed by atoms with Crippen LogP contribution in [-0.2, 0) is 0 Å². The number of fused-ring (bicyclic) bond motifs is 1. The second-order valence-corrected chi connectivity index (χ2v) is 4.15. The standard InChI is InChI=1S/C10H8N2O2S/c1-5(13)10-12-7-3-2-6(9(11)14)4-8(7)15-10/h2-4H,1H3,(H2,11,14). The van der Waals surface area contributed by atoms with Crippen LogP contribution < -0.4 is 5.73 Å². The first-order valence-electron chi connectivity index (χ1n) is 4.29. The van der Waals surface area contributed by atoms with Gasteiger partial charge < -0.3 is 5.73 Å². The maximum Gasteiger partial charge on any atom is 0.248 e. The molecular weight excluding hydrogens is 212 g/mol. The molecule has 0 radical (unpaired) electrons. The van der Waals surface area contributed by atoms with Gasteiger partial charge in [-0.15, -0.1) is 11.3 Å². The number of ketones is 1. The van der Waals surface area contributed by atoms with Crippen molar-refractivity contribution in [3.05, 3.63) is 28.8 Å². The molecule has 15 heavy (non-hydrogen) atoms. The minimum absolute atomic E-state index is 0.0724. The van der Waals surface area contributed by atoms with Gasteiger partial charge >= 0.3 is 0 Å². The Kier molecular flexibility index (Phi) is 2.24. The van der Waals surface area contributed by atoms with Crippen molar-refractivity contribution in [2.75, 3.05) is 0 Å². The molecule has 4 nitrogen and oxygen atoms in total. The van der Waals surface area contributed by atoms with Gasteiger partial charge in [-0.25, -0.2) is 4.98 Å². The largest absolute Gasteiger partial charge is 0.366 e. The molecule has 1 aromatic carbocycles. The third-order valence-electron chi connectivity index (χ3n) is 1.97. The van der Waals surface area contributed by atoms with Gasteiger partial charge in [-0.2, -0.15) is 0 Å². The quantitative estimate of drug-likeness (QED) is 0.781. The van der Waals surface area contributed by atoms with E-state index >= 15 is 0 Å². The fourth-order valence-corrected chi connectivity index (χ4v) is 2.13. The van der Waals surface area contributed by atoms with Crippen LogP contribution in [0.3, 0.4) is 0 Å². The van der Waals surface area contributed by atoms with Gasteiger partial charge in [-0.3, -0.25) is 9.59 Å². The van der Waals surface area contributed by atoms with Gasteiger partial charge in [-0.05, 0) is 18.2 Å². The fourth-order valence-electron chi connectivity index (χ4n) is 1.23. The SMILES string of the molecule is CC(=O)c1nc2ccc(C(N)=O)cc2s1. The number of Topliss-reactive ketones (excluding diaryl/α,β-unsaturated/α-hetero) is 1. The van der Waals surface area contributed by atoms with E-state index in [0.717, 1.165) is 10.2 Å². The summed E-state index contributed by atoms with van der Waals surface area (Å²) >= 11 is 1.27. The summed E-state index contributed by atoms with van der Waals surface area (Å²) in [4.78, 5) is 26.1. The van der Waals surface area contributed by atoms with Crippen LogP contribution in [0.1, 0.15) is 27.1 Å². The molecule has 2 rings (SSSR count). The Morgan fingerprint density at radius 3 is 2.73 bits per heavy atom. The third kappa shape index (κ3) is 1.73. The normalized spacial score (nSPS) is 10.5. The summed E-state index contributed by atoms with van der Waals surface area (Å²) in [6, 6.07) is 4.95. The number of nitrogens with two attached hydrogens (primary N) is 1. The first-order chi connectivity index (χ1) is 7.08. The average Bonchev–Trinajstić information content (AvgIpc) is 2.59. The van der Waals surface area contributed by atoms with Crippen molar-refractivity contribution < 1.29 is 9.59 Å². The van der Waals surface area contributed by atoms with E-state index in [1.807, 2.05) is 0 Å². The molecule has 0 aliphatic carbocycles. The van der Waals surface area contributed by atoms with Crippen molar-refractivity contribution in [1.82, 2.24) is 4.98 Å². The number of amides is 1. The van der Waals surface area contributed by atoms with Gasteiger partial charge in [0.15, 0.2) is 10.8 Å². The summed E-state index contributed by atoms with van der Waals surface area (Å²) < 4.78 is 0.802. The van der Waals surface area contributed by atoms with E-state index in [1.165, 1.54) is 18.3 Å². The van der Waals surface area contributed by atoms with Crippen molar-refractivity contribution in [2.45, 2.75) is 6.92 Å². The molecule has 0 bridgehead atoms. The molecule has 76 valence electrons. The zero-order valence-electron chi connectivity index (χ0n) is 7.98. The number of carbonyl (C=O) groups excluding carboxylic acids is 2. The van der Waals surface area contributed by atoms with Crippen LogP contribution in [0, 0.1) is 0 Å². The number of rotatable bonds is 2. The maximum atomic E-state index is 11.1. The van der Waals surface area contributed by atoms with E-state index in [1.54, 1.807) is 18.2 Å². The second kappa shape index (κ2) is 3.43. The van der Waals surface area contributed by atoms with E-state index in [9.17, 15) is 9.59 Å². The van der Waals surface area contributed by atoms with Gasteiger partial charge in [-0.1, -0.05) is 0 Å². The van der Waals surface area contributed by atoms with E-state index in [2.05, 4.69) is 4.98 Å². The molecule has 2 N–H and O–H groups in total. The van der Waals surface area contributed by atoms with Gasteiger partial charge in [0.1, 0.15) is 0 Å². The Morgan fingerprint density at radius 1 is 1.40 bits per heavy atom. The minimum atomic E-state index is -0.477. The van der Waals surface area contributed by atoms with Gasteiger partial charge in [0.25, 0.3) is 0 Å². The van der Waals surface area contributed by atoms with Crippen molar-refractivity contribution in [3.63, 3.8) is 0 Å². The molecule has 1 heterocycles. The fraction of sp³-hybridized carbons (Fsp3) is 0.100. The Morgan fingerprint density at radius 2 is 2.13 bits per heavy atom. The zero-order chi connectivity index (χ0) is 11.0. The summed E-state index contributed by atoms with van der Waals surface area (Å²) in [5.74, 6) is -0.550. The molecule has 1 amide bonds. The molecule has 0 saturated carbocycles. The number of thiazole rings is 1. The van der Waals surface area contributed by atoms with Crippen LogP contribution in [0.15, 0.2) is 18.2 Å². The molecule has 1 aromatic heterocycles. The van der Waals surface area contributed by atoms with E-state index < -0.39 is 5.91 Å². The Hall–Kier alpha value is -1.75. The minimum Gasteiger partial charge on any atom is -0.366 e. The van der Waals surface area contributed by atoms with Crippen LogP contribution in [0.25, 0.3) is 10.2 Å². The highest BCUT2D eigenvalue weighted by molar-refractivity contribution is 7.20. The van der Waals surface area contributed by atoms with Crippen molar-refractivity contribution in [1.29, 1.82) is 0 Å². The number of hydrogen-bond donors (Lipinski definition) is 1. The van der Waals surface area contributed by atoms with Gasteiger partial charge in [0, 0.05) is 12.5 Å². The lowest BCUT2D eigenvalue weighted by Gasteiger charge is -1.92. The lowest BCUT2D eigenvalue weighted by molar-refractivity contribution is 0.0996. The predicted octanol–water partition coefficient (Wildman–Crippen LogP) is 1.60. The van der Waals surface area contributed by atoms with Crippen LogP contribution in [0.2, 0.25) is 0 Å². The van der Waals surface area contributed by atoms with Crippen molar-refractivity contribution in [3.8, 4) is 0 Å². The molecule has 0 spiro atoms. The first kappa shape index (κ1) is 9.79. The van der Waals surface area contributed by atoms with E-state index in [-0.39, 0.29) is 5.78 Å². The summed E-state index contributed by atoms with van der Waals surface area (Å²) in [6.07, 6.45) is 0. The molecule has 0 atom stereocenters. The van der Waals surface area contributed by atoms with Crippen LogP contribution in [0.4, 0.5) is 0 Å². The summed E-state index contributed by atoms with van der Waals surface area (Å²) in [6.45, 7) is 1.46. The van der Waals surface area contributed by atoms with Crippen LogP contribution >= 0.6 is 11.3 Å². The monoisotopic (exact) mass is 220 g/mol. The first-order valence-corrected chi connectivity index (χ1v) is 5.11. The highest BCUT2D eigenvalue weighted by atomic mass is 32.1. The maximum absolute atomic E-state index is 11.1. The summed E-state index contributed by atoms with van der Waals surface area (Å²) in [5.41, 5.74) is 6.30. The average molecular weight is 220 g/mol. The molecule has 0 fully saturated rings. The number of hydrogen-bond acceptors (Lipinski definition) is 4. The molecule has 0 aliphatic rings. The Bertz CT molecular complexity index is 548. The molecule has 0 unspecified atom stereocenters. The van der Waals surface area contributed by atoms with E-state index in [4.69, 9.17) is 5.73 Å². The zero-order valence-corrected chi connectivity index (χ0v) is 8.80. The highest BCUT2D eigenvalue weighted by Crippen LogP contribution is 2.23. The van der Waals surface area contributed by atoms with Crippen LogP contribution in [-0.4, -0.2) is 16.7 Å². The van der Waals surface area contributed by atoms with Gasteiger partial charge in [0.2, 0.25) is 5.91 Å². The Balaban J connectivity index is 2.62. The molecular formula is C10H8N2O2S. The smallest absolute Gasteiger partial charge is 0.248 e. The molecule has 2 aromatic rings. The van der Waals surface area contributed by atoms with Crippen molar-refractivity contribution >= 4 is 33.2 Å². The van der Waals surface area contributed by atoms with Crippen LogP contribution in [0.5, 0.6) is 0 Å². The van der Waals surface area contributed by atoms with E-state index in [0.29, 0.717) is 10.6 Å². The lowest BCUT2D eigenvalue weighted by atomic mass is 10.2.